The number of halogens is 2. The Balaban J connectivity index is 1.50. The van der Waals surface area contributed by atoms with E-state index in [9.17, 15) is 19.2 Å². The Bertz CT molecular complexity index is 1060. The summed E-state index contributed by atoms with van der Waals surface area (Å²) in [7, 11) is 3.01. The van der Waals surface area contributed by atoms with Crippen LogP contribution in [-0.4, -0.2) is 56.0 Å². The van der Waals surface area contributed by atoms with Crippen molar-refractivity contribution in [2.75, 3.05) is 27.4 Å². The predicted molar refractivity (Wildman–Crippen MR) is 114 cm³/mol. The second kappa shape index (κ2) is 9.88. The van der Waals surface area contributed by atoms with Crippen molar-refractivity contribution in [3.05, 3.63) is 57.1 Å². The summed E-state index contributed by atoms with van der Waals surface area (Å²) in [6, 6.07) is 7.68. The molecule has 1 N–H and O–H groups in total. The van der Waals surface area contributed by atoms with Crippen LogP contribution in [0.4, 0.5) is 0 Å². The van der Waals surface area contributed by atoms with Gasteiger partial charge in [-0.3, -0.25) is 24.1 Å². The van der Waals surface area contributed by atoms with Crippen molar-refractivity contribution in [1.82, 2.24) is 10.2 Å². The maximum atomic E-state index is 12.4. The Morgan fingerprint density at radius 1 is 0.938 bits per heavy atom. The van der Waals surface area contributed by atoms with Crippen LogP contribution in [0.1, 0.15) is 26.3 Å². The van der Waals surface area contributed by atoms with Crippen molar-refractivity contribution in [3.8, 4) is 11.5 Å². The molecule has 11 heteroatoms. The monoisotopic (exact) mass is 480 g/mol. The van der Waals surface area contributed by atoms with E-state index in [-0.39, 0.29) is 27.7 Å². The highest BCUT2D eigenvalue weighted by molar-refractivity contribution is 6.43. The number of ether oxygens (including phenoxy) is 3. The van der Waals surface area contributed by atoms with Gasteiger partial charge in [-0.1, -0.05) is 29.3 Å². The zero-order chi connectivity index (χ0) is 23.4. The van der Waals surface area contributed by atoms with Gasteiger partial charge >= 0.3 is 5.97 Å². The van der Waals surface area contributed by atoms with Gasteiger partial charge in [0.05, 0.1) is 35.4 Å². The van der Waals surface area contributed by atoms with Gasteiger partial charge < -0.3 is 19.5 Å². The fourth-order valence-corrected chi connectivity index (χ4v) is 3.32. The minimum absolute atomic E-state index is 0.0462. The summed E-state index contributed by atoms with van der Waals surface area (Å²) in [5.74, 6) is -1.81. The molecule has 1 heterocycles. The molecule has 1 aliphatic heterocycles. The number of fused-ring (bicyclic) bond motifs is 1. The summed E-state index contributed by atoms with van der Waals surface area (Å²) in [6.45, 7) is -1.06. The molecule has 3 amide bonds. The van der Waals surface area contributed by atoms with Crippen molar-refractivity contribution in [2.24, 2.45) is 0 Å². The number of carbonyl (C=O) groups excluding carboxylic acids is 4. The molecule has 0 spiro atoms. The van der Waals surface area contributed by atoms with Crippen LogP contribution in [0.15, 0.2) is 30.3 Å². The average Bonchev–Trinajstić information content (AvgIpc) is 3.00. The van der Waals surface area contributed by atoms with Crippen molar-refractivity contribution in [1.29, 1.82) is 0 Å². The lowest BCUT2D eigenvalue weighted by atomic mass is 10.1. The molecule has 0 fully saturated rings. The Labute approximate surface area is 193 Å². The molecule has 0 bridgehead atoms. The number of hydrogen-bond donors (Lipinski definition) is 1. The molecule has 0 aromatic heterocycles. The quantitative estimate of drug-likeness (QED) is 0.456. The summed E-state index contributed by atoms with van der Waals surface area (Å²) >= 11 is 11.8. The molecular formula is C21H18Cl2N2O7. The van der Waals surface area contributed by atoms with Crippen molar-refractivity contribution >= 4 is 46.9 Å². The third-order valence-electron chi connectivity index (χ3n) is 4.60. The highest BCUT2D eigenvalue weighted by atomic mass is 35.5. The standard InChI is InChI=1S/C21H18Cl2N2O7/c1-30-16-4-3-11(5-17(16)31-2)8-24-18(26)10-32-19(27)9-25-20(28)12-6-14(22)15(23)7-13(12)21(25)29/h3-7H,8-10H2,1-2H3,(H,24,26). The van der Waals surface area contributed by atoms with Gasteiger partial charge in [-0.25, -0.2) is 0 Å². The molecule has 0 saturated heterocycles. The van der Waals surface area contributed by atoms with E-state index in [1.165, 1.54) is 26.4 Å². The maximum absolute atomic E-state index is 12.4. The average molecular weight is 481 g/mol. The Morgan fingerprint density at radius 2 is 1.53 bits per heavy atom. The molecule has 0 radical (unpaired) electrons. The van der Waals surface area contributed by atoms with Crippen LogP contribution in [0.25, 0.3) is 0 Å². The van der Waals surface area contributed by atoms with Crippen molar-refractivity contribution < 1.29 is 33.4 Å². The van der Waals surface area contributed by atoms with Gasteiger partial charge in [0.2, 0.25) is 0 Å². The molecule has 0 saturated carbocycles. The van der Waals surface area contributed by atoms with E-state index in [0.29, 0.717) is 16.4 Å². The zero-order valence-corrected chi connectivity index (χ0v) is 18.6. The van der Waals surface area contributed by atoms with Crippen LogP contribution in [0, 0.1) is 0 Å². The molecule has 1 aliphatic rings. The smallest absolute Gasteiger partial charge is 0.326 e. The highest BCUT2D eigenvalue weighted by Crippen LogP contribution is 2.31. The van der Waals surface area contributed by atoms with E-state index < -0.39 is 36.8 Å². The first kappa shape index (κ1) is 23.4. The lowest BCUT2D eigenvalue weighted by Crippen LogP contribution is -2.37. The number of benzene rings is 2. The first-order valence-corrected chi connectivity index (χ1v) is 9.99. The lowest BCUT2D eigenvalue weighted by molar-refractivity contribution is -0.148. The molecule has 2 aromatic rings. The molecule has 0 unspecified atom stereocenters. The predicted octanol–water partition coefficient (Wildman–Crippen LogP) is 2.47. The van der Waals surface area contributed by atoms with Gasteiger partial charge in [0.25, 0.3) is 17.7 Å². The number of imide groups is 1. The summed E-state index contributed by atoms with van der Waals surface area (Å²) < 4.78 is 15.2. The van der Waals surface area contributed by atoms with E-state index in [4.69, 9.17) is 37.4 Å². The highest BCUT2D eigenvalue weighted by Gasteiger charge is 2.37. The first-order valence-electron chi connectivity index (χ1n) is 9.23. The van der Waals surface area contributed by atoms with E-state index in [1.807, 2.05) is 0 Å². The number of hydrogen-bond acceptors (Lipinski definition) is 7. The molecule has 0 atom stereocenters. The largest absolute Gasteiger partial charge is 0.493 e. The molecule has 2 aromatic carbocycles. The fourth-order valence-electron chi connectivity index (χ4n) is 2.99. The van der Waals surface area contributed by atoms with Gasteiger partial charge in [-0.15, -0.1) is 0 Å². The Hall–Kier alpha value is -3.30. The van der Waals surface area contributed by atoms with Crippen LogP contribution < -0.4 is 14.8 Å². The van der Waals surface area contributed by atoms with E-state index >= 15 is 0 Å². The third-order valence-corrected chi connectivity index (χ3v) is 5.32. The van der Waals surface area contributed by atoms with Crippen LogP contribution in [0.2, 0.25) is 10.0 Å². The minimum Gasteiger partial charge on any atom is -0.493 e. The number of methoxy groups -OCH3 is 2. The van der Waals surface area contributed by atoms with E-state index in [2.05, 4.69) is 5.32 Å². The molecule has 9 nitrogen and oxygen atoms in total. The molecule has 168 valence electrons. The number of amides is 3. The lowest BCUT2D eigenvalue weighted by Gasteiger charge is -2.13. The molecule has 3 rings (SSSR count). The van der Waals surface area contributed by atoms with Gasteiger partial charge in [0, 0.05) is 6.54 Å². The second-order valence-electron chi connectivity index (χ2n) is 6.64. The van der Waals surface area contributed by atoms with Crippen LogP contribution in [0.5, 0.6) is 11.5 Å². The fraction of sp³-hybridized carbons (Fsp3) is 0.238. The van der Waals surface area contributed by atoms with Crippen molar-refractivity contribution in [2.45, 2.75) is 6.54 Å². The normalized spacial score (nSPS) is 12.4. The Morgan fingerprint density at radius 3 is 2.09 bits per heavy atom. The second-order valence-corrected chi connectivity index (χ2v) is 7.45. The van der Waals surface area contributed by atoms with Crippen LogP contribution >= 0.6 is 23.2 Å². The molecule has 0 aliphatic carbocycles. The van der Waals surface area contributed by atoms with Crippen LogP contribution in [0.3, 0.4) is 0 Å². The molecule has 32 heavy (non-hydrogen) atoms. The number of nitrogens with zero attached hydrogens (tertiary/aromatic N) is 1. The summed E-state index contributed by atoms with van der Waals surface area (Å²) in [5, 5.41) is 2.82. The summed E-state index contributed by atoms with van der Waals surface area (Å²) in [5.41, 5.74) is 0.834. The first-order chi connectivity index (χ1) is 15.2. The summed E-state index contributed by atoms with van der Waals surface area (Å²) in [4.78, 5) is 49.6. The third kappa shape index (κ3) is 4.95. The minimum atomic E-state index is -0.919. The van der Waals surface area contributed by atoms with Gasteiger partial charge in [0.15, 0.2) is 18.1 Å². The SMILES string of the molecule is COc1ccc(CNC(=O)COC(=O)CN2C(=O)c3cc(Cl)c(Cl)cc3C2=O)cc1OC. The topological polar surface area (TPSA) is 111 Å². The zero-order valence-electron chi connectivity index (χ0n) is 17.1. The van der Waals surface area contributed by atoms with Crippen LogP contribution in [-0.2, 0) is 20.9 Å². The Kier molecular flexibility index (Phi) is 7.22. The maximum Gasteiger partial charge on any atom is 0.326 e. The van der Waals surface area contributed by atoms with Gasteiger partial charge in [-0.05, 0) is 29.8 Å². The summed E-state index contributed by atoms with van der Waals surface area (Å²) in [6.07, 6.45) is 0. The van der Waals surface area contributed by atoms with E-state index in [1.54, 1.807) is 18.2 Å². The number of nitrogens with one attached hydrogen (secondary N) is 1. The van der Waals surface area contributed by atoms with Gasteiger partial charge in [0.1, 0.15) is 6.54 Å². The molecular weight excluding hydrogens is 463 g/mol. The number of carbonyl (C=O) groups is 4. The van der Waals surface area contributed by atoms with E-state index in [0.717, 1.165) is 5.56 Å². The number of rotatable bonds is 8. The van der Waals surface area contributed by atoms with Gasteiger partial charge in [-0.2, -0.15) is 0 Å². The number of esters is 1. The van der Waals surface area contributed by atoms with Crippen molar-refractivity contribution in [3.63, 3.8) is 0 Å².